The number of halogens is 6. The number of allylic oxidation sites excluding steroid dienone is 1. The Hall–Kier alpha value is -2.52. The van der Waals surface area contributed by atoms with Crippen LogP contribution in [0, 0.1) is 0 Å². The van der Waals surface area contributed by atoms with E-state index in [2.05, 4.69) is 5.32 Å². The van der Waals surface area contributed by atoms with Crippen molar-refractivity contribution >= 4 is 11.8 Å². The molecule has 1 saturated heterocycles. The zero-order valence-corrected chi connectivity index (χ0v) is 18.3. The van der Waals surface area contributed by atoms with Crippen LogP contribution in [0.5, 0.6) is 0 Å². The van der Waals surface area contributed by atoms with Crippen LogP contribution in [0.15, 0.2) is 54.6 Å². The highest BCUT2D eigenvalue weighted by molar-refractivity contribution is 5.69. The van der Waals surface area contributed by atoms with Gasteiger partial charge in [-0.05, 0) is 37.1 Å². The van der Waals surface area contributed by atoms with E-state index < -0.39 is 30.1 Å². The second kappa shape index (κ2) is 9.77. The number of ether oxygens (including phenoxy) is 1. The highest BCUT2D eigenvalue weighted by atomic mass is 19.4. The van der Waals surface area contributed by atoms with Gasteiger partial charge in [-0.2, -0.15) is 26.3 Å². The number of hydrogen-bond donors (Lipinski definition) is 1. The predicted octanol–water partition coefficient (Wildman–Crippen LogP) is 6.05. The van der Waals surface area contributed by atoms with Crippen LogP contribution in [0.2, 0.25) is 0 Å². The third-order valence-electron chi connectivity index (χ3n) is 5.69. The Balaban J connectivity index is 2.13. The maximum atomic E-state index is 14.2. The first kappa shape index (κ1) is 25.1. The second-order valence-electron chi connectivity index (χ2n) is 7.97. The largest absolute Gasteiger partial charge is 0.430 e. The molecule has 1 aliphatic heterocycles. The van der Waals surface area contributed by atoms with Gasteiger partial charge in [0.25, 0.3) is 5.60 Å². The minimum absolute atomic E-state index is 0.0259. The lowest BCUT2D eigenvalue weighted by Crippen LogP contribution is -2.56. The zero-order valence-electron chi connectivity index (χ0n) is 18.3. The number of nitrogens with zero attached hydrogens (tertiary/aromatic N) is 1. The van der Waals surface area contributed by atoms with E-state index >= 15 is 0 Å². The van der Waals surface area contributed by atoms with Gasteiger partial charge in [0.1, 0.15) is 0 Å². The van der Waals surface area contributed by atoms with Crippen LogP contribution >= 0.6 is 0 Å². The Labute approximate surface area is 189 Å². The lowest BCUT2D eigenvalue weighted by atomic mass is 9.89. The van der Waals surface area contributed by atoms with Crippen molar-refractivity contribution in [1.82, 2.24) is 5.32 Å². The molecule has 0 amide bonds. The molecule has 0 aromatic heterocycles. The minimum Gasteiger partial charge on any atom is -0.366 e. The van der Waals surface area contributed by atoms with Gasteiger partial charge in [0.2, 0.25) is 0 Å². The van der Waals surface area contributed by atoms with E-state index in [1.807, 2.05) is 11.8 Å². The van der Waals surface area contributed by atoms with Crippen LogP contribution in [0.25, 0.3) is 6.08 Å². The Kier molecular flexibility index (Phi) is 7.43. The molecule has 2 aromatic rings. The van der Waals surface area contributed by atoms with E-state index in [1.165, 1.54) is 36.4 Å². The summed E-state index contributed by atoms with van der Waals surface area (Å²) in [5.41, 5.74) is -4.43. The first-order valence-electron chi connectivity index (χ1n) is 10.6. The number of benzene rings is 2. The van der Waals surface area contributed by atoms with Gasteiger partial charge in [0.15, 0.2) is 0 Å². The first-order valence-corrected chi connectivity index (χ1v) is 10.6. The topological polar surface area (TPSA) is 24.5 Å². The van der Waals surface area contributed by atoms with Crippen LogP contribution in [0.4, 0.5) is 32.0 Å². The van der Waals surface area contributed by atoms with Crippen molar-refractivity contribution in [3.05, 3.63) is 71.3 Å². The number of alkyl halides is 6. The van der Waals surface area contributed by atoms with Crippen molar-refractivity contribution in [2.45, 2.75) is 44.4 Å². The lowest BCUT2D eigenvalue weighted by molar-refractivity contribution is -0.392. The fraction of sp³-hybridized carbons (Fsp3) is 0.417. The molecule has 1 fully saturated rings. The molecule has 2 aromatic carbocycles. The van der Waals surface area contributed by atoms with Gasteiger partial charge in [-0.25, -0.2) is 0 Å². The highest BCUT2D eigenvalue weighted by Crippen LogP contribution is 2.54. The summed E-state index contributed by atoms with van der Waals surface area (Å²) in [5.74, 6) is 0. The molecule has 1 heterocycles. The molecule has 0 radical (unpaired) electrons. The summed E-state index contributed by atoms with van der Waals surface area (Å²) in [4.78, 5) is 1.98. The van der Waals surface area contributed by atoms with Crippen LogP contribution in [-0.4, -0.2) is 38.0 Å². The predicted molar refractivity (Wildman–Crippen MR) is 116 cm³/mol. The minimum atomic E-state index is -5.74. The molecule has 0 bridgehead atoms. The quantitative estimate of drug-likeness (QED) is 0.518. The molecule has 3 nitrogen and oxygen atoms in total. The molecule has 1 atom stereocenters. The number of nitrogens with one attached hydrogen (secondary N) is 1. The molecule has 180 valence electrons. The van der Waals surface area contributed by atoms with Crippen molar-refractivity contribution in [3.63, 3.8) is 0 Å². The van der Waals surface area contributed by atoms with Crippen LogP contribution in [0.1, 0.15) is 30.5 Å². The van der Waals surface area contributed by atoms with Crippen LogP contribution < -0.4 is 10.2 Å². The number of piperazine rings is 1. The second-order valence-corrected chi connectivity index (χ2v) is 7.97. The van der Waals surface area contributed by atoms with Gasteiger partial charge >= 0.3 is 12.4 Å². The molecule has 0 aliphatic carbocycles. The van der Waals surface area contributed by atoms with Gasteiger partial charge in [-0.15, -0.1) is 0 Å². The molecular weight excluding hydrogens is 446 g/mol. The van der Waals surface area contributed by atoms with Crippen molar-refractivity contribution in [1.29, 1.82) is 0 Å². The SMILES string of the molecule is CC=Cc1cc(C(OCc2ccccc2)(C(F)(F)F)C(F)(F)F)ccc1N1CCNC[C@@H]1C. The van der Waals surface area contributed by atoms with Gasteiger partial charge in [0, 0.05) is 36.9 Å². The third-order valence-corrected chi connectivity index (χ3v) is 5.69. The van der Waals surface area contributed by atoms with Crippen LogP contribution in [-0.2, 0) is 16.9 Å². The monoisotopic (exact) mass is 472 g/mol. The van der Waals surface area contributed by atoms with E-state index in [0.717, 1.165) is 12.1 Å². The molecule has 0 spiro atoms. The molecular formula is C24H26F6N2O. The summed E-state index contributed by atoms with van der Waals surface area (Å²) < 4.78 is 90.0. The average Bonchev–Trinajstić information content (AvgIpc) is 2.74. The van der Waals surface area contributed by atoms with Crippen molar-refractivity contribution in [2.75, 3.05) is 24.5 Å². The standard InChI is InChI=1S/C24H26F6N2O/c1-3-7-19-14-20(10-11-21(19)32-13-12-31-15-17(32)2)22(23(25,26)27,24(28,29)30)33-16-18-8-5-4-6-9-18/h3-11,14,17,31H,12-13,15-16H2,1-2H3/t17-/m0/s1. The van der Waals surface area contributed by atoms with E-state index in [0.29, 0.717) is 25.3 Å². The average molecular weight is 472 g/mol. The molecule has 33 heavy (non-hydrogen) atoms. The van der Waals surface area contributed by atoms with Gasteiger partial charge in [-0.3, -0.25) is 0 Å². The molecule has 0 unspecified atom stereocenters. The summed E-state index contributed by atoms with van der Waals surface area (Å²) in [5, 5.41) is 3.22. The van der Waals surface area contributed by atoms with E-state index in [-0.39, 0.29) is 17.2 Å². The summed E-state index contributed by atoms with van der Waals surface area (Å²) >= 11 is 0. The lowest BCUT2D eigenvalue weighted by Gasteiger charge is -2.39. The smallest absolute Gasteiger partial charge is 0.366 e. The van der Waals surface area contributed by atoms with Crippen molar-refractivity contribution in [3.8, 4) is 0 Å². The Morgan fingerprint density at radius 3 is 2.27 bits per heavy atom. The van der Waals surface area contributed by atoms with E-state index in [1.54, 1.807) is 19.1 Å². The number of hydrogen-bond acceptors (Lipinski definition) is 3. The van der Waals surface area contributed by atoms with E-state index in [4.69, 9.17) is 4.74 Å². The highest BCUT2D eigenvalue weighted by Gasteiger charge is 2.73. The molecule has 1 aliphatic rings. The first-order chi connectivity index (χ1) is 15.5. The molecule has 1 N–H and O–H groups in total. The van der Waals surface area contributed by atoms with Crippen molar-refractivity contribution in [2.24, 2.45) is 0 Å². The van der Waals surface area contributed by atoms with E-state index in [9.17, 15) is 26.3 Å². The summed E-state index contributed by atoms with van der Waals surface area (Å²) in [6.45, 7) is 4.65. The fourth-order valence-electron chi connectivity index (χ4n) is 4.05. The van der Waals surface area contributed by atoms with Gasteiger partial charge in [-0.1, -0.05) is 48.6 Å². The zero-order chi connectivity index (χ0) is 24.3. The van der Waals surface area contributed by atoms with Gasteiger partial charge in [0.05, 0.1) is 6.61 Å². The van der Waals surface area contributed by atoms with Crippen LogP contribution in [0.3, 0.4) is 0 Å². The number of anilines is 1. The summed E-state index contributed by atoms with van der Waals surface area (Å²) in [7, 11) is 0. The summed E-state index contributed by atoms with van der Waals surface area (Å²) in [6, 6.07) is 10.7. The fourth-order valence-corrected chi connectivity index (χ4v) is 4.05. The summed E-state index contributed by atoms with van der Waals surface area (Å²) in [6.07, 6.45) is -8.38. The number of rotatable bonds is 6. The van der Waals surface area contributed by atoms with Crippen molar-refractivity contribution < 1.29 is 31.1 Å². The van der Waals surface area contributed by atoms with Gasteiger partial charge < -0.3 is 15.0 Å². The molecule has 0 saturated carbocycles. The normalized spacial score (nSPS) is 18.2. The maximum Gasteiger partial charge on any atom is 0.430 e. The Morgan fingerprint density at radius 2 is 1.70 bits per heavy atom. The Morgan fingerprint density at radius 1 is 1.03 bits per heavy atom. The molecule has 9 heteroatoms. The Bertz CT molecular complexity index is 942. The maximum absolute atomic E-state index is 14.2. The molecule has 3 rings (SSSR count). The third kappa shape index (κ3) is 5.04.